The van der Waals surface area contributed by atoms with Crippen molar-refractivity contribution < 1.29 is 22.4 Å². The second-order valence-electron chi connectivity index (χ2n) is 4.71. The van der Waals surface area contributed by atoms with Crippen molar-refractivity contribution in [2.45, 2.75) is 4.90 Å². The molecule has 0 saturated heterocycles. The Kier molecular flexibility index (Phi) is 4.12. The molecule has 0 unspecified atom stereocenters. The van der Waals surface area contributed by atoms with Crippen LogP contribution in [0.25, 0.3) is 11.0 Å². The number of ether oxygens (including phenoxy) is 1. The number of rotatable bonds is 4. The van der Waals surface area contributed by atoms with Crippen LogP contribution in [0.5, 0.6) is 0 Å². The van der Waals surface area contributed by atoms with Crippen molar-refractivity contribution in [2.24, 2.45) is 0 Å². The van der Waals surface area contributed by atoms with Gasteiger partial charge < -0.3 is 9.15 Å². The van der Waals surface area contributed by atoms with Crippen LogP contribution < -0.4 is 10.3 Å². The average Bonchev–Trinajstić information content (AvgIpc) is 3.00. The topological polar surface area (TPSA) is 103 Å². The minimum Gasteiger partial charge on any atom is -0.465 e. The zero-order valence-corrected chi connectivity index (χ0v) is 13.9. The molecule has 124 valence electrons. The Morgan fingerprint density at radius 3 is 2.75 bits per heavy atom. The summed E-state index contributed by atoms with van der Waals surface area (Å²) in [6.45, 7) is 0. The third-order valence-corrected chi connectivity index (χ3v) is 5.44. The van der Waals surface area contributed by atoms with E-state index in [4.69, 9.17) is 4.42 Å². The molecule has 7 nitrogen and oxygen atoms in total. The molecule has 3 rings (SSSR count). The van der Waals surface area contributed by atoms with Gasteiger partial charge in [-0.25, -0.2) is 18.0 Å². The lowest BCUT2D eigenvalue weighted by Crippen LogP contribution is -2.14. The second-order valence-corrected chi connectivity index (χ2v) is 7.31. The van der Waals surface area contributed by atoms with Crippen LogP contribution >= 0.6 is 11.3 Å². The van der Waals surface area contributed by atoms with Gasteiger partial charge in [-0.3, -0.25) is 4.72 Å². The molecule has 0 aliphatic heterocycles. The number of anilines is 1. The number of sulfonamides is 1. The Bertz CT molecular complexity index is 1080. The van der Waals surface area contributed by atoms with Crippen LogP contribution in [0.1, 0.15) is 9.67 Å². The fourth-order valence-corrected chi connectivity index (χ4v) is 4.00. The van der Waals surface area contributed by atoms with E-state index in [1.807, 2.05) is 0 Å². The summed E-state index contributed by atoms with van der Waals surface area (Å²) >= 11 is 1.07. The highest BCUT2D eigenvalue weighted by Crippen LogP contribution is 2.26. The molecule has 1 aromatic carbocycles. The van der Waals surface area contributed by atoms with Crippen molar-refractivity contribution in [1.29, 1.82) is 0 Å². The number of carbonyl (C=O) groups is 1. The molecule has 0 saturated carbocycles. The quantitative estimate of drug-likeness (QED) is 0.563. The molecule has 0 aliphatic rings. The first-order valence-electron chi connectivity index (χ1n) is 6.63. The summed E-state index contributed by atoms with van der Waals surface area (Å²) in [5, 5.41) is 2.05. The van der Waals surface area contributed by atoms with Crippen molar-refractivity contribution in [3.05, 3.63) is 57.1 Å². The van der Waals surface area contributed by atoms with Crippen molar-refractivity contribution >= 4 is 44.0 Å². The highest BCUT2D eigenvalue weighted by molar-refractivity contribution is 7.92. The molecule has 3 aromatic rings. The van der Waals surface area contributed by atoms with Gasteiger partial charge in [-0.05, 0) is 35.7 Å². The maximum Gasteiger partial charge on any atom is 0.350 e. The summed E-state index contributed by atoms with van der Waals surface area (Å²) in [6, 6.07) is 8.27. The SMILES string of the molecule is COC(=O)c1sccc1NS(=O)(=O)c1ccc2oc(=O)ccc2c1. The van der Waals surface area contributed by atoms with E-state index >= 15 is 0 Å². The Hall–Kier alpha value is -2.65. The van der Waals surface area contributed by atoms with Crippen LogP contribution in [-0.4, -0.2) is 21.5 Å². The number of fused-ring (bicyclic) bond motifs is 1. The maximum atomic E-state index is 12.5. The van der Waals surface area contributed by atoms with Gasteiger partial charge in [0.2, 0.25) is 0 Å². The largest absolute Gasteiger partial charge is 0.465 e. The number of carbonyl (C=O) groups excluding carboxylic acids is 1. The third-order valence-electron chi connectivity index (χ3n) is 3.18. The van der Waals surface area contributed by atoms with Crippen molar-refractivity contribution in [3.8, 4) is 0 Å². The van der Waals surface area contributed by atoms with Crippen molar-refractivity contribution in [1.82, 2.24) is 0 Å². The Labute approximate surface area is 140 Å². The van der Waals surface area contributed by atoms with Crippen molar-refractivity contribution in [2.75, 3.05) is 11.8 Å². The number of thiophene rings is 1. The van der Waals surface area contributed by atoms with Gasteiger partial charge in [0.05, 0.1) is 17.7 Å². The van der Waals surface area contributed by atoms with E-state index in [0.717, 1.165) is 11.3 Å². The minimum absolute atomic E-state index is 0.0223. The normalized spacial score (nSPS) is 11.4. The second kappa shape index (κ2) is 6.10. The Morgan fingerprint density at radius 1 is 1.21 bits per heavy atom. The molecule has 0 spiro atoms. The lowest BCUT2D eigenvalue weighted by molar-refractivity contribution is 0.0607. The summed E-state index contributed by atoms with van der Waals surface area (Å²) in [5.41, 5.74) is -0.0870. The number of benzene rings is 1. The van der Waals surface area contributed by atoms with Crippen LogP contribution in [0.2, 0.25) is 0 Å². The van der Waals surface area contributed by atoms with Gasteiger partial charge in [0.1, 0.15) is 10.5 Å². The molecule has 0 atom stereocenters. The lowest BCUT2D eigenvalue weighted by atomic mass is 10.2. The molecule has 2 aromatic heterocycles. The zero-order valence-electron chi connectivity index (χ0n) is 12.3. The summed E-state index contributed by atoms with van der Waals surface area (Å²) in [7, 11) is -2.70. The van der Waals surface area contributed by atoms with Gasteiger partial charge in [-0.1, -0.05) is 0 Å². The van der Waals surface area contributed by atoms with Gasteiger partial charge >= 0.3 is 11.6 Å². The first-order valence-corrected chi connectivity index (χ1v) is 8.99. The Balaban J connectivity index is 1.99. The van der Waals surface area contributed by atoms with E-state index < -0.39 is 21.6 Å². The molecule has 0 bridgehead atoms. The van der Waals surface area contributed by atoms with E-state index in [-0.39, 0.29) is 21.0 Å². The number of hydrogen-bond donors (Lipinski definition) is 1. The molecule has 1 N–H and O–H groups in total. The lowest BCUT2D eigenvalue weighted by Gasteiger charge is -2.08. The van der Waals surface area contributed by atoms with E-state index in [0.29, 0.717) is 5.39 Å². The molecular weight excluding hydrogens is 354 g/mol. The smallest absolute Gasteiger partial charge is 0.350 e. The first kappa shape index (κ1) is 16.2. The number of esters is 1. The van der Waals surface area contributed by atoms with Gasteiger partial charge in [0.15, 0.2) is 0 Å². The standard InChI is InChI=1S/C15H11NO6S2/c1-21-15(18)14-11(6-7-23-14)16-24(19,20)10-3-4-12-9(8-10)2-5-13(17)22-12/h2-8,16H,1H3. The van der Waals surface area contributed by atoms with E-state index in [9.17, 15) is 18.0 Å². The summed E-state index contributed by atoms with van der Waals surface area (Å²) in [5.74, 6) is -0.622. The number of hydrogen-bond acceptors (Lipinski definition) is 7. The molecule has 0 radical (unpaired) electrons. The predicted molar refractivity (Wildman–Crippen MR) is 89.0 cm³/mol. The van der Waals surface area contributed by atoms with E-state index in [1.165, 1.54) is 43.5 Å². The van der Waals surface area contributed by atoms with Crippen LogP contribution in [0.15, 0.2) is 55.9 Å². The van der Waals surface area contributed by atoms with Gasteiger partial charge in [0, 0.05) is 11.5 Å². The highest BCUT2D eigenvalue weighted by atomic mass is 32.2. The Morgan fingerprint density at radius 2 is 2.00 bits per heavy atom. The molecule has 0 amide bonds. The summed E-state index contributed by atoms with van der Waals surface area (Å²) in [4.78, 5) is 22.9. The van der Waals surface area contributed by atoms with E-state index in [1.54, 1.807) is 5.38 Å². The van der Waals surface area contributed by atoms with Crippen LogP contribution in [0, 0.1) is 0 Å². The molecule has 2 heterocycles. The van der Waals surface area contributed by atoms with Crippen LogP contribution in [-0.2, 0) is 14.8 Å². The maximum absolute atomic E-state index is 12.5. The molecule has 0 aliphatic carbocycles. The highest BCUT2D eigenvalue weighted by Gasteiger charge is 2.20. The van der Waals surface area contributed by atoms with Gasteiger partial charge in [-0.2, -0.15) is 0 Å². The molecule has 9 heteroatoms. The molecule has 0 fully saturated rings. The van der Waals surface area contributed by atoms with E-state index in [2.05, 4.69) is 9.46 Å². The number of methoxy groups -OCH3 is 1. The minimum atomic E-state index is -3.92. The predicted octanol–water partition coefficient (Wildman–Crippen LogP) is 2.44. The van der Waals surface area contributed by atoms with Gasteiger partial charge in [0.25, 0.3) is 10.0 Å². The molecular formula is C15H11NO6S2. The number of nitrogens with one attached hydrogen (secondary N) is 1. The summed E-state index contributed by atoms with van der Waals surface area (Å²) in [6.07, 6.45) is 0. The fraction of sp³-hybridized carbons (Fsp3) is 0.0667. The molecule has 24 heavy (non-hydrogen) atoms. The fourth-order valence-electron chi connectivity index (χ4n) is 2.06. The van der Waals surface area contributed by atoms with Crippen LogP contribution in [0.3, 0.4) is 0 Å². The first-order chi connectivity index (χ1) is 11.4. The third kappa shape index (κ3) is 3.03. The monoisotopic (exact) mass is 365 g/mol. The average molecular weight is 365 g/mol. The van der Waals surface area contributed by atoms with Crippen molar-refractivity contribution in [3.63, 3.8) is 0 Å². The summed E-state index contributed by atoms with van der Waals surface area (Å²) < 4.78 is 37.0. The zero-order chi connectivity index (χ0) is 17.3. The van der Waals surface area contributed by atoms with Crippen LogP contribution in [0.4, 0.5) is 5.69 Å². The van der Waals surface area contributed by atoms with Gasteiger partial charge in [-0.15, -0.1) is 11.3 Å².